The number of nitrogens with one attached hydrogen (secondary N) is 1. The SMILES string of the molecule is COC(=O)c1cccc(N(CCC(=O)Nc2ccc(Cl)cc2C)C(C)=O)c1. The Morgan fingerprint density at radius 1 is 1.15 bits per heavy atom. The number of esters is 1. The molecule has 0 radical (unpaired) electrons. The van der Waals surface area contributed by atoms with Gasteiger partial charge in [0.25, 0.3) is 0 Å². The first kappa shape index (κ1) is 20.5. The molecule has 0 unspecified atom stereocenters. The van der Waals surface area contributed by atoms with Crippen molar-refractivity contribution in [3.63, 3.8) is 0 Å². The minimum atomic E-state index is -0.490. The van der Waals surface area contributed by atoms with Crippen LogP contribution in [0.15, 0.2) is 42.5 Å². The summed E-state index contributed by atoms with van der Waals surface area (Å²) in [7, 11) is 1.29. The fraction of sp³-hybridized carbons (Fsp3) is 0.250. The molecule has 0 heterocycles. The third-order valence-corrected chi connectivity index (χ3v) is 4.22. The molecule has 1 N–H and O–H groups in total. The van der Waals surface area contributed by atoms with E-state index in [0.29, 0.717) is 22.0 Å². The van der Waals surface area contributed by atoms with Crippen LogP contribution in [0.1, 0.15) is 29.3 Å². The number of ether oxygens (including phenoxy) is 1. The largest absolute Gasteiger partial charge is 0.465 e. The van der Waals surface area contributed by atoms with Crippen LogP contribution in [0, 0.1) is 6.92 Å². The van der Waals surface area contributed by atoms with Crippen molar-refractivity contribution < 1.29 is 19.1 Å². The van der Waals surface area contributed by atoms with E-state index in [1.807, 2.05) is 6.92 Å². The van der Waals surface area contributed by atoms with Crippen LogP contribution in [-0.4, -0.2) is 31.4 Å². The van der Waals surface area contributed by atoms with E-state index in [2.05, 4.69) is 5.32 Å². The van der Waals surface area contributed by atoms with Crippen LogP contribution in [0.25, 0.3) is 0 Å². The van der Waals surface area contributed by atoms with E-state index in [9.17, 15) is 14.4 Å². The summed E-state index contributed by atoms with van der Waals surface area (Å²) >= 11 is 5.91. The molecule has 0 aliphatic heterocycles. The number of methoxy groups -OCH3 is 1. The van der Waals surface area contributed by atoms with Crippen LogP contribution in [0.3, 0.4) is 0 Å². The fourth-order valence-electron chi connectivity index (χ4n) is 2.58. The van der Waals surface area contributed by atoms with Gasteiger partial charge in [-0.15, -0.1) is 0 Å². The Morgan fingerprint density at radius 2 is 1.89 bits per heavy atom. The Kier molecular flexibility index (Phi) is 6.96. The van der Waals surface area contributed by atoms with Gasteiger partial charge in [-0.3, -0.25) is 9.59 Å². The Hall–Kier alpha value is -2.86. The fourth-order valence-corrected chi connectivity index (χ4v) is 2.81. The number of benzene rings is 2. The van der Waals surface area contributed by atoms with Gasteiger partial charge in [-0.1, -0.05) is 17.7 Å². The summed E-state index contributed by atoms with van der Waals surface area (Å²) in [6.07, 6.45) is 0.101. The summed E-state index contributed by atoms with van der Waals surface area (Å²) in [5.41, 5.74) is 2.39. The van der Waals surface area contributed by atoms with E-state index in [4.69, 9.17) is 16.3 Å². The maximum absolute atomic E-state index is 12.3. The smallest absolute Gasteiger partial charge is 0.337 e. The molecule has 0 spiro atoms. The molecule has 142 valence electrons. The number of rotatable bonds is 6. The molecule has 2 aromatic carbocycles. The number of amides is 2. The van der Waals surface area contributed by atoms with Gasteiger partial charge in [0.1, 0.15) is 0 Å². The number of halogens is 1. The third-order valence-electron chi connectivity index (χ3n) is 3.98. The van der Waals surface area contributed by atoms with Gasteiger partial charge in [0.2, 0.25) is 11.8 Å². The van der Waals surface area contributed by atoms with Crippen molar-refractivity contribution in [2.24, 2.45) is 0 Å². The molecule has 0 bridgehead atoms. The number of hydrogen-bond acceptors (Lipinski definition) is 4. The quantitative estimate of drug-likeness (QED) is 0.763. The third kappa shape index (κ3) is 5.56. The molecule has 0 aliphatic carbocycles. The zero-order valence-corrected chi connectivity index (χ0v) is 16.2. The van der Waals surface area contributed by atoms with Gasteiger partial charge in [0.15, 0.2) is 0 Å². The average molecular weight is 389 g/mol. The molecule has 2 aromatic rings. The van der Waals surface area contributed by atoms with Crippen LogP contribution in [-0.2, 0) is 14.3 Å². The monoisotopic (exact) mass is 388 g/mol. The van der Waals surface area contributed by atoms with Gasteiger partial charge in [-0.25, -0.2) is 4.79 Å². The number of nitrogens with zero attached hydrogens (tertiary/aromatic N) is 1. The lowest BCUT2D eigenvalue weighted by Crippen LogP contribution is -2.32. The van der Waals surface area contributed by atoms with Crippen molar-refractivity contribution in [1.82, 2.24) is 0 Å². The van der Waals surface area contributed by atoms with Crippen LogP contribution < -0.4 is 10.2 Å². The standard InChI is InChI=1S/C20H21ClN2O4/c1-13-11-16(21)7-8-18(13)22-19(25)9-10-23(14(2)24)17-6-4-5-15(12-17)20(26)27-3/h4-8,11-12H,9-10H2,1-3H3,(H,22,25). The normalized spacial score (nSPS) is 10.2. The summed E-state index contributed by atoms with van der Waals surface area (Å²) in [5.74, 6) is -0.945. The van der Waals surface area contributed by atoms with Crippen molar-refractivity contribution in [2.75, 3.05) is 23.9 Å². The van der Waals surface area contributed by atoms with Crippen molar-refractivity contribution in [3.05, 3.63) is 58.6 Å². The first-order valence-electron chi connectivity index (χ1n) is 8.34. The summed E-state index contributed by atoms with van der Waals surface area (Å²) in [5, 5.41) is 3.41. The van der Waals surface area contributed by atoms with E-state index in [1.54, 1.807) is 42.5 Å². The summed E-state index contributed by atoms with van der Waals surface area (Å²) in [6.45, 7) is 3.44. The zero-order valence-electron chi connectivity index (χ0n) is 15.4. The Balaban J connectivity index is 2.07. The van der Waals surface area contributed by atoms with Crippen LogP contribution >= 0.6 is 11.6 Å². The van der Waals surface area contributed by atoms with Gasteiger partial charge in [-0.2, -0.15) is 0 Å². The number of carbonyl (C=O) groups is 3. The zero-order chi connectivity index (χ0) is 20.0. The van der Waals surface area contributed by atoms with E-state index < -0.39 is 5.97 Å². The maximum atomic E-state index is 12.3. The molecule has 2 amide bonds. The average Bonchev–Trinajstić information content (AvgIpc) is 2.63. The van der Waals surface area contributed by atoms with Gasteiger partial charge in [0, 0.05) is 36.3 Å². The first-order valence-corrected chi connectivity index (χ1v) is 8.72. The van der Waals surface area contributed by atoms with Crippen molar-refractivity contribution >= 4 is 40.8 Å². The summed E-state index contributed by atoms with van der Waals surface area (Å²) in [4.78, 5) is 37.4. The van der Waals surface area contributed by atoms with E-state index >= 15 is 0 Å². The molecule has 0 aromatic heterocycles. The van der Waals surface area contributed by atoms with Crippen molar-refractivity contribution in [1.29, 1.82) is 0 Å². The van der Waals surface area contributed by atoms with Gasteiger partial charge < -0.3 is 15.0 Å². The summed E-state index contributed by atoms with van der Waals surface area (Å²) < 4.78 is 4.70. The molecule has 0 fully saturated rings. The van der Waals surface area contributed by atoms with Crippen LogP contribution in [0.4, 0.5) is 11.4 Å². The van der Waals surface area contributed by atoms with E-state index in [-0.39, 0.29) is 24.8 Å². The second kappa shape index (κ2) is 9.19. The molecule has 0 saturated carbocycles. The summed E-state index contributed by atoms with van der Waals surface area (Å²) in [6, 6.07) is 11.7. The van der Waals surface area contributed by atoms with E-state index in [1.165, 1.54) is 18.9 Å². The lowest BCUT2D eigenvalue weighted by Gasteiger charge is -2.21. The second-order valence-corrected chi connectivity index (χ2v) is 6.41. The topological polar surface area (TPSA) is 75.7 Å². The molecule has 0 saturated heterocycles. The number of aryl methyl sites for hydroxylation is 1. The molecule has 27 heavy (non-hydrogen) atoms. The second-order valence-electron chi connectivity index (χ2n) is 5.97. The molecule has 0 atom stereocenters. The van der Waals surface area contributed by atoms with Crippen molar-refractivity contribution in [3.8, 4) is 0 Å². The van der Waals surface area contributed by atoms with Gasteiger partial charge >= 0.3 is 5.97 Å². The highest BCUT2D eigenvalue weighted by Gasteiger charge is 2.16. The predicted octanol–water partition coefficient (Wildman–Crippen LogP) is 3.82. The molecule has 7 heteroatoms. The highest BCUT2D eigenvalue weighted by atomic mass is 35.5. The number of anilines is 2. The predicted molar refractivity (Wildman–Crippen MR) is 105 cm³/mol. The Labute approximate surface area is 163 Å². The molecular formula is C20H21ClN2O4. The Morgan fingerprint density at radius 3 is 2.52 bits per heavy atom. The van der Waals surface area contributed by atoms with Crippen LogP contribution in [0.2, 0.25) is 5.02 Å². The first-order chi connectivity index (χ1) is 12.8. The molecule has 0 aliphatic rings. The molecule has 6 nitrogen and oxygen atoms in total. The molecular weight excluding hydrogens is 368 g/mol. The van der Waals surface area contributed by atoms with Gasteiger partial charge in [0.05, 0.1) is 12.7 Å². The highest BCUT2D eigenvalue weighted by Crippen LogP contribution is 2.21. The van der Waals surface area contributed by atoms with Crippen LogP contribution in [0.5, 0.6) is 0 Å². The van der Waals surface area contributed by atoms with Crippen molar-refractivity contribution in [2.45, 2.75) is 20.3 Å². The highest BCUT2D eigenvalue weighted by molar-refractivity contribution is 6.30. The van der Waals surface area contributed by atoms with E-state index in [0.717, 1.165) is 5.56 Å². The molecule has 2 rings (SSSR count). The number of hydrogen-bond donors (Lipinski definition) is 1. The lowest BCUT2D eigenvalue weighted by molar-refractivity contribution is -0.117. The lowest BCUT2D eigenvalue weighted by atomic mass is 10.1. The minimum absolute atomic E-state index is 0.101. The maximum Gasteiger partial charge on any atom is 0.337 e. The van der Waals surface area contributed by atoms with Gasteiger partial charge in [-0.05, 0) is 48.9 Å². The Bertz CT molecular complexity index is 867. The number of carbonyl (C=O) groups excluding carboxylic acids is 3. The minimum Gasteiger partial charge on any atom is -0.465 e.